The molecule has 0 saturated carbocycles. The molecule has 3 heterocycles. The number of nitrogens with one attached hydrogen (secondary N) is 1. The van der Waals surface area contributed by atoms with Crippen LogP contribution in [-0.4, -0.2) is 37.4 Å². The molecular formula is C19H18F2N2O2S. The average molecular weight is 376 g/mol. The van der Waals surface area contributed by atoms with Gasteiger partial charge in [0.05, 0.1) is 12.1 Å². The van der Waals surface area contributed by atoms with Crippen LogP contribution in [0.1, 0.15) is 12.0 Å². The number of morpholine rings is 1. The van der Waals surface area contributed by atoms with Crippen molar-refractivity contribution in [1.29, 1.82) is 0 Å². The molecule has 0 bridgehead atoms. The van der Waals surface area contributed by atoms with Crippen LogP contribution in [0.2, 0.25) is 0 Å². The van der Waals surface area contributed by atoms with E-state index < -0.39 is 6.43 Å². The Kier molecular flexibility index (Phi) is 5.10. The van der Waals surface area contributed by atoms with Crippen LogP contribution in [0.3, 0.4) is 0 Å². The fraction of sp³-hybridized carbons (Fsp3) is 0.316. The lowest BCUT2D eigenvalue weighted by atomic mass is 10.1. The highest BCUT2D eigenvalue weighted by Crippen LogP contribution is 2.36. The Balaban J connectivity index is 1.65. The van der Waals surface area contributed by atoms with Gasteiger partial charge in [0.2, 0.25) is 0 Å². The van der Waals surface area contributed by atoms with Crippen molar-refractivity contribution in [3.63, 3.8) is 0 Å². The second-order valence-electron chi connectivity index (χ2n) is 6.10. The smallest absolute Gasteiger partial charge is 0.264 e. The predicted octanol–water partition coefficient (Wildman–Crippen LogP) is 4.27. The molecule has 26 heavy (non-hydrogen) atoms. The van der Waals surface area contributed by atoms with Gasteiger partial charge in [0.25, 0.3) is 6.43 Å². The second kappa shape index (κ2) is 7.65. The molecule has 1 fully saturated rings. The van der Waals surface area contributed by atoms with E-state index in [0.717, 1.165) is 34.4 Å². The third kappa shape index (κ3) is 3.70. The molecule has 1 N–H and O–H groups in total. The average Bonchev–Trinajstić information content (AvgIpc) is 3.17. The Labute approximate surface area is 153 Å². The summed E-state index contributed by atoms with van der Waals surface area (Å²) in [6.07, 6.45) is -0.764. The fourth-order valence-corrected chi connectivity index (χ4v) is 3.83. The lowest BCUT2D eigenvalue weighted by Crippen LogP contribution is -2.41. The van der Waals surface area contributed by atoms with Crippen molar-refractivity contribution in [2.75, 3.05) is 26.3 Å². The van der Waals surface area contributed by atoms with Crippen LogP contribution in [-0.2, 0) is 4.74 Å². The molecule has 4 nitrogen and oxygen atoms in total. The van der Waals surface area contributed by atoms with Crippen molar-refractivity contribution in [2.24, 2.45) is 0 Å². The van der Waals surface area contributed by atoms with Gasteiger partial charge in [-0.1, -0.05) is 0 Å². The van der Waals surface area contributed by atoms with Crippen molar-refractivity contribution < 1.29 is 18.3 Å². The van der Waals surface area contributed by atoms with Gasteiger partial charge in [-0.2, -0.15) is 0 Å². The predicted molar refractivity (Wildman–Crippen MR) is 98.1 cm³/mol. The highest BCUT2D eigenvalue weighted by atomic mass is 32.1. The number of hydrogen-bond acceptors (Lipinski definition) is 5. The standard InChI is InChI=1S/C19H18F2N2O2S/c20-19(21)13-8-18(26-11-13)12-6-16-15(2-1-3-23-16)17(7-12)25-10-14-9-22-4-5-24-14/h1-3,6-8,11,14,19,22H,4-5,9-10H2/t14-/m0/s1. The molecule has 1 aliphatic heterocycles. The molecule has 0 amide bonds. The van der Waals surface area contributed by atoms with Gasteiger partial charge in [0, 0.05) is 40.5 Å². The van der Waals surface area contributed by atoms with Gasteiger partial charge in [0.15, 0.2) is 0 Å². The number of ether oxygens (including phenoxy) is 2. The Morgan fingerprint density at radius 2 is 2.27 bits per heavy atom. The first-order chi connectivity index (χ1) is 12.7. The van der Waals surface area contributed by atoms with Crippen LogP contribution >= 0.6 is 11.3 Å². The highest BCUT2D eigenvalue weighted by molar-refractivity contribution is 7.13. The topological polar surface area (TPSA) is 43.4 Å². The molecule has 2 aromatic heterocycles. The zero-order valence-electron chi connectivity index (χ0n) is 14.0. The maximum absolute atomic E-state index is 12.9. The molecule has 0 radical (unpaired) electrons. The molecule has 0 unspecified atom stereocenters. The van der Waals surface area contributed by atoms with Gasteiger partial charge in [-0.25, -0.2) is 8.78 Å². The van der Waals surface area contributed by atoms with Gasteiger partial charge in [-0.05, 0) is 35.9 Å². The summed E-state index contributed by atoms with van der Waals surface area (Å²) >= 11 is 1.30. The SMILES string of the molecule is FC(F)c1csc(-c2cc(OC[C@@H]3CNCCO3)c3cccnc3c2)c1. The number of pyridine rings is 1. The highest BCUT2D eigenvalue weighted by Gasteiger charge is 2.17. The van der Waals surface area contributed by atoms with Gasteiger partial charge in [-0.3, -0.25) is 4.98 Å². The lowest BCUT2D eigenvalue weighted by molar-refractivity contribution is 0.000518. The molecule has 0 spiro atoms. The maximum Gasteiger partial charge on any atom is 0.264 e. The number of fused-ring (bicyclic) bond motifs is 1. The first-order valence-electron chi connectivity index (χ1n) is 8.41. The van der Waals surface area contributed by atoms with Crippen LogP contribution in [0.25, 0.3) is 21.3 Å². The molecule has 1 saturated heterocycles. The molecule has 136 valence electrons. The summed E-state index contributed by atoms with van der Waals surface area (Å²) in [5.74, 6) is 0.687. The summed E-state index contributed by atoms with van der Waals surface area (Å²) in [5, 5.41) is 5.66. The third-order valence-electron chi connectivity index (χ3n) is 4.27. The van der Waals surface area contributed by atoms with Gasteiger partial charge in [-0.15, -0.1) is 11.3 Å². The molecule has 1 atom stereocenters. The van der Waals surface area contributed by atoms with Crippen LogP contribution in [0, 0.1) is 0 Å². The van der Waals surface area contributed by atoms with Crippen LogP contribution in [0.5, 0.6) is 5.75 Å². The van der Waals surface area contributed by atoms with E-state index >= 15 is 0 Å². The van der Waals surface area contributed by atoms with E-state index in [1.807, 2.05) is 24.3 Å². The summed E-state index contributed by atoms with van der Waals surface area (Å²) < 4.78 is 37.5. The minimum atomic E-state index is -2.47. The number of halogens is 2. The number of aromatic nitrogens is 1. The van der Waals surface area contributed by atoms with Gasteiger partial charge < -0.3 is 14.8 Å². The summed E-state index contributed by atoms with van der Waals surface area (Å²) in [5.41, 5.74) is 1.63. The quantitative estimate of drug-likeness (QED) is 0.722. The minimum Gasteiger partial charge on any atom is -0.490 e. The summed E-state index contributed by atoms with van der Waals surface area (Å²) in [6, 6.07) is 9.12. The van der Waals surface area contributed by atoms with Crippen molar-refractivity contribution in [2.45, 2.75) is 12.5 Å². The number of thiophene rings is 1. The molecule has 7 heteroatoms. The maximum atomic E-state index is 12.9. The zero-order chi connectivity index (χ0) is 17.9. The molecule has 3 aromatic rings. The van der Waals surface area contributed by atoms with E-state index in [-0.39, 0.29) is 11.7 Å². The van der Waals surface area contributed by atoms with Crippen LogP contribution in [0.15, 0.2) is 41.9 Å². The van der Waals surface area contributed by atoms with Gasteiger partial charge >= 0.3 is 0 Å². The Morgan fingerprint density at radius 3 is 3.04 bits per heavy atom. The van der Waals surface area contributed by atoms with Crippen molar-refractivity contribution in [1.82, 2.24) is 10.3 Å². The molecule has 0 aliphatic carbocycles. The largest absolute Gasteiger partial charge is 0.490 e. The molecular weight excluding hydrogens is 358 g/mol. The fourth-order valence-electron chi connectivity index (χ4n) is 2.94. The first kappa shape index (κ1) is 17.3. The van der Waals surface area contributed by atoms with E-state index in [0.29, 0.717) is 19.0 Å². The number of rotatable bonds is 5. The summed E-state index contributed by atoms with van der Waals surface area (Å²) in [6.45, 7) is 2.69. The monoisotopic (exact) mass is 376 g/mol. The molecule has 1 aliphatic rings. The number of nitrogens with zero attached hydrogens (tertiary/aromatic N) is 1. The van der Waals surface area contributed by atoms with Crippen LogP contribution in [0.4, 0.5) is 8.78 Å². The van der Waals surface area contributed by atoms with Crippen molar-refractivity contribution in [3.05, 3.63) is 47.5 Å². The van der Waals surface area contributed by atoms with E-state index in [1.54, 1.807) is 6.20 Å². The van der Waals surface area contributed by atoms with Crippen molar-refractivity contribution >= 4 is 22.2 Å². The Morgan fingerprint density at radius 1 is 1.35 bits per heavy atom. The number of alkyl halides is 2. The van der Waals surface area contributed by atoms with E-state index in [9.17, 15) is 8.78 Å². The molecule has 4 rings (SSSR count). The zero-order valence-corrected chi connectivity index (χ0v) is 14.8. The Hall–Kier alpha value is -2.09. The summed E-state index contributed by atoms with van der Waals surface area (Å²) in [7, 11) is 0. The Bertz CT molecular complexity index is 894. The minimum absolute atomic E-state index is 0.00805. The van der Waals surface area contributed by atoms with E-state index in [1.165, 1.54) is 22.8 Å². The second-order valence-corrected chi connectivity index (χ2v) is 7.01. The summed E-state index contributed by atoms with van der Waals surface area (Å²) in [4.78, 5) is 5.17. The lowest BCUT2D eigenvalue weighted by Gasteiger charge is -2.24. The number of hydrogen-bond donors (Lipinski definition) is 1. The normalized spacial score (nSPS) is 17.7. The molecule has 1 aromatic carbocycles. The van der Waals surface area contributed by atoms with Crippen molar-refractivity contribution in [3.8, 4) is 16.2 Å². The number of benzene rings is 1. The van der Waals surface area contributed by atoms with E-state index in [2.05, 4.69) is 10.3 Å². The van der Waals surface area contributed by atoms with Crippen LogP contribution < -0.4 is 10.1 Å². The van der Waals surface area contributed by atoms with E-state index in [4.69, 9.17) is 9.47 Å². The first-order valence-corrected chi connectivity index (χ1v) is 9.29. The van der Waals surface area contributed by atoms with Gasteiger partial charge in [0.1, 0.15) is 18.5 Å². The third-order valence-corrected chi connectivity index (χ3v) is 5.27.